The van der Waals surface area contributed by atoms with Gasteiger partial charge in [0.2, 0.25) is 5.91 Å². The van der Waals surface area contributed by atoms with Crippen LogP contribution in [-0.4, -0.2) is 36.3 Å². The molecule has 0 radical (unpaired) electrons. The minimum atomic E-state index is -1.09. The second kappa shape index (κ2) is 6.89. The van der Waals surface area contributed by atoms with Gasteiger partial charge < -0.3 is 10.8 Å². The van der Waals surface area contributed by atoms with Gasteiger partial charge in [0.15, 0.2) is 5.16 Å². The number of carbonyl (C=O) groups is 2. The molecule has 3 N–H and O–H groups in total. The quantitative estimate of drug-likeness (QED) is 0.490. The van der Waals surface area contributed by atoms with Crippen molar-refractivity contribution in [2.75, 3.05) is 0 Å². The van der Waals surface area contributed by atoms with Crippen LogP contribution in [0.1, 0.15) is 24.2 Å². The van der Waals surface area contributed by atoms with Crippen molar-refractivity contribution in [3.05, 3.63) is 60.4 Å². The third kappa shape index (κ3) is 3.21. The van der Waals surface area contributed by atoms with E-state index in [0.717, 1.165) is 33.7 Å². The van der Waals surface area contributed by atoms with Gasteiger partial charge in [-0.2, -0.15) is 0 Å². The molecule has 0 fully saturated rings. The predicted octanol–water partition coefficient (Wildman–Crippen LogP) is 3.63. The predicted molar refractivity (Wildman–Crippen MR) is 112 cm³/mol. The largest absolute Gasteiger partial charge is 0.480 e. The zero-order chi connectivity index (χ0) is 20.8. The van der Waals surface area contributed by atoms with Gasteiger partial charge in [-0.05, 0) is 37.4 Å². The van der Waals surface area contributed by atoms with E-state index >= 15 is 0 Å². The Morgan fingerprint density at radius 2 is 1.83 bits per heavy atom. The molecule has 4 aromatic rings. The highest BCUT2D eigenvalue weighted by atomic mass is 32.2. The second-order valence-electron chi connectivity index (χ2n) is 7.05. The Bertz CT molecular complexity index is 1280. The molecule has 29 heavy (non-hydrogen) atoms. The van der Waals surface area contributed by atoms with E-state index < -0.39 is 16.6 Å². The minimum absolute atomic E-state index is 0.423. The van der Waals surface area contributed by atoms with Gasteiger partial charge in [0.05, 0.1) is 22.9 Å². The first-order valence-electron chi connectivity index (χ1n) is 8.86. The average molecular weight is 406 g/mol. The number of carboxylic acid groups (broad SMARTS) is 1. The molecule has 0 bridgehead atoms. The van der Waals surface area contributed by atoms with E-state index in [0.29, 0.717) is 16.2 Å². The highest BCUT2D eigenvalue weighted by molar-refractivity contribution is 8.01. The van der Waals surface area contributed by atoms with Gasteiger partial charge in [0.1, 0.15) is 4.75 Å². The van der Waals surface area contributed by atoms with Crippen molar-refractivity contribution in [2.24, 2.45) is 5.73 Å². The van der Waals surface area contributed by atoms with Crippen LogP contribution < -0.4 is 5.73 Å². The summed E-state index contributed by atoms with van der Waals surface area (Å²) in [4.78, 5) is 32.4. The number of imidazole rings is 1. The van der Waals surface area contributed by atoms with Gasteiger partial charge in [-0.15, -0.1) is 0 Å². The number of aromatic nitrogens is 3. The number of amides is 1. The van der Waals surface area contributed by atoms with Crippen LogP contribution in [0.5, 0.6) is 0 Å². The van der Waals surface area contributed by atoms with Crippen LogP contribution in [0.4, 0.5) is 0 Å². The Kier molecular flexibility index (Phi) is 4.50. The molecule has 0 saturated carbocycles. The maximum atomic E-state index is 11.9. The average Bonchev–Trinajstić information content (AvgIpc) is 3.03. The third-order valence-corrected chi connectivity index (χ3v) is 5.84. The second-order valence-corrected chi connectivity index (χ2v) is 8.64. The van der Waals surface area contributed by atoms with Gasteiger partial charge in [0.25, 0.3) is 0 Å². The van der Waals surface area contributed by atoms with E-state index in [4.69, 9.17) is 5.73 Å². The Hall–Kier alpha value is -3.39. The Morgan fingerprint density at radius 3 is 2.52 bits per heavy atom. The molecule has 0 aliphatic rings. The fraction of sp³-hybridized carbons (Fsp3) is 0.143. The fourth-order valence-corrected chi connectivity index (χ4v) is 4.14. The van der Waals surface area contributed by atoms with Crippen molar-refractivity contribution < 1.29 is 14.7 Å². The lowest BCUT2D eigenvalue weighted by atomic mass is 10.0. The zero-order valence-electron chi connectivity index (χ0n) is 15.8. The molecule has 0 aliphatic heterocycles. The number of fused-ring (bicyclic) bond motifs is 2. The summed E-state index contributed by atoms with van der Waals surface area (Å²) >= 11 is 1.15. The number of aliphatic carboxylic acids is 1. The summed E-state index contributed by atoms with van der Waals surface area (Å²) in [5.41, 5.74) is 8.18. The zero-order valence-corrected chi connectivity index (χ0v) is 16.6. The van der Waals surface area contributed by atoms with Gasteiger partial charge in [-0.25, -0.2) is 4.98 Å². The SMILES string of the molecule is CC(C)(Sc1nc2ccncc2n1-c1ccc(C(N)=O)c2ccccc12)C(=O)O. The van der Waals surface area contributed by atoms with E-state index in [1.54, 1.807) is 44.4 Å². The number of rotatable bonds is 5. The number of nitrogens with two attached hydrogens (primary N) is 1. The van der Waals surface area contributed by atoms with E-state index in [2.05, 4.69) is 9.97 Å². The topological polar surface area (TPSA) is 111 Å². The number of benzene rings is 2. The van der Waals surface area contributed by atoms with Gasteiger partial charge in [0, 0.05) is 17.1 Å². The monoisotopic (exact) mass is 406 g/mol. The maximum Gasteiger partial charge on any atom is 0.319 e. The first-order valence-corrected chi connectivity index (χ1v) is 9.68. The lowest BCUT2D eigenvalue weighted by molar-refractivity contribution is -0.138. The van der Waals surface area contributed by atoms with Gasteiger partial charge in [-0.1, -0.05) is 36.0 Å². The van der Waals surface area contributed by atoms with Crippen LogP contribution in [0.25, 0.3) is 27.5 Å². The Labute approximate surface area is 170 Å². The number of carboxylic acids is 1. The van der Waals surface area contributed by atoms with Crippen molar-refractivity contribution in [1.82, 2.24) is 14.5 Å². The van der Waals surface area contributed by atoms with Gasteiger partial charge in [-0.3, -0.25) is 19.1 Å². The molecule has 2 aromatic carbocycles. The molecule has 8 heteroatoms. The van der Waals surface area contributed by atoms with Crippen LogP contribution in [0.15, 0.2) is 60.0 Å². The van der Waals surface area contributed by atoms with Crippen molar-refractivity contribution in [1.29, 1.82) is 0 Å². The molecule has 0 unspecified atom stereocenters. The molecule has 0 spiro atoms. The molecule has 2 heterocycles. The fourth-order valence-electron chi connectivity index (χ4n) is 3.17. The van der Waals surface area contributed by atoms with Crippen LogP contribution in [0.3, 0.4) is 0 Å². The Balaban J connectivity index is 2.04. The first kappa shape index (κ1) is 18.9. The number of nitrogens with zero attached hydrogens (tertiary/aromatic N) is 3. The van der Waals surface area contributed by atoms with E-state index in [1.165, 1.54) is 0 Å². The number of hydrogen-bond donors (Lipinski definition) is 2. The molecular weight excluding hydrogens is 388 g/mol. The molecule has 0 atom stereocenters. The highest BCUT2D eigenvalue weighted by Crippen LogP contribution is 2.37. The molecule has 146 valence electrons. The van der Waals surface area contributed by atoms with E-state index in [-0.39, 0.29) is 0 Å². The van der Waals surface area contributed by atoms with Crippen molar-refractivity contribution in [3.63, 3.8) is 0 Å². The standard InChI is InChI=1S/C21H18N4O3S/c1-21(2,19(27)28)29-20-24-15-9-10-23-11-17(15)25(20)16-8-7-14(18(22)26)12-5-3-4-6-13(12)16/h3-11H,1-2H3,(H2,22,26)(H,27,28). The molecule has 1 amide bonds. The summed E-state index contributed by atoms with van der Waals surface area (Å²) in [5, 5.41) is 11.6. The minimum Gasteiger partial charge on any atom is -0.480 e. The summed E-state index contributed by atoms with van der Waals surface area (Å²) in [7, 11) is 0. The van der Waals surface area contributed by atoms with Crippen molar-refractivity contribution in [3.8, 4) is 5.69 Å². The summed E-state index contributed by atoms with van der Waals surface area (Å²) in [6.45, 7) is 3.27. The van der Waals surface area contributed by atoms with E-state index in [1.807, 2.05) is 28.8 Å². The number of carbonyl (C=O) groups excluding carboxylic acids is 1. The molecule has 0 aliphatic carbocycles. The lowest BCUT2D eigenvalue weighted by Crippen LogP contribution is -2.27. The number of primary amides is 1. The number of pyridine rings is 1. The normalized spacial score (nSPS) is 11.8. The van der Waals surface area contributed by atoms with Crippen molar-refractivity contribution >= 4 is 45.4 Å². The first-order chi connectivity index (χ1) is 13.8. The maximum absolute atomic E-state index is 11.9. The molecule has 2 aromatic heterocycles. The number of thioether (sulfide) groups is 1. The van der Waals surface area contributed by atoms with E-state index in [9.17, 15) is 14.7 Å². The number of hydrogen-bond acceptors (Lipinski definition) is 5. The van der Waals surface area contributed by atoms with Crippen molar-refractivity contribution in [2.45, 2.75) is 23.8 Å². The third-order valence-electron chi connectivity index (χ3n) is 4.69. The molecular formula is C21H18N4O3S. The van der Waals surface area contributed by atoms with Crippen LogP contribution in [0.2, 0.25) is 0 Å². The summed E-state index contributed by atoms with van der Waals surface area (Å²) in [6, 6.07) is 12.7. The summed E-state index contributed by atoms with van der Waals surface area (Å²) < 4.78 is 0.792. The molecule has 7 nitrogen and oxygen atoms in total. The highest BCUT2D eigenvalue weighted by Gasteiger charge is 2.31. The summed E-state index contributed by atoms with van der Waals surface area (Å²) in [5.74, 6) is -1.44. The van der Waals surface area contributed by atoms with Crippen LogP contribution >= 0.6 is 11.8 Å². The lowest BCUT2D eigenvalue weighted by Gasteiger charge is -2.19. The summed E-state index contributed by atoms with van der Waals surface area (Å²) in [6.07, 6.45) is 3.34. The Morgan fingerprint density at radius 1 is 1.10 bits per heavy atom. The van der Waals surface area contributed by atoms with Gasteiger partial charge >= 0.3 is 5.97 Å². The smallest absolute Gasteiger partial charge is 0.319 e. The molecule has 0 saturated heterocycles. The molecule has 4 rings (SSSR count). The van der Waals surface area contributed by atoms with Crippen LogP contribution in [-0.2, 0) is 4.79 Å². The van der Waals surface area contributed by atoms with Crippen LogP contribution in [0, 0.1) is 0 Å².